The fourth-order valence-electron chi connectivity index (χ4n) is 3.83. The average molecular weight is 264 g/mol. The molecule has 1 aliphatic heterocycles. The molecular weight excluding hydrogens is 240 g/mol. The highest BCUT2D eigenvalue weighted by molar-refractivity contribution is 5.21. The maximum absolute atomic E-state index is 6.71. The van der Waals surface area contributed by atoms with Crippen LogP contribution in [0.3, 0.4) is 0 Å². The first-order valence-corrected chi connectivity index (χ1v) is 7.18. The van der Waals surface area contributed by atoms with Crippen LogP contribution in [-0.4, -0.2) is 24.8 Å². The highest BCUT2D eigenvalue weighted by Crippen LogP contribution is 2.56. The lowest BCUT2D eigenvalue weighted by Gasteiger charge is -2.66. The van der Waals surface area contributed by atoms with Crippen molar-refractivity contribution >= 4 is 0 Å². The monoisotopic (exact) mass is 264 g/mol. The molecule has 0 amide bonds. The molecule has 3 unspecified atom stereocenters. The van der Waals surface area contributed by atoms with E-state index in [9.17, 15) is 0 Å². The molecular formula is C15H24N2O2. The molecule has 1 aromatic heterocycles. The van der Waals surface area contributed by atoms with Gasteiger partial charge >= 0.3 is 0 Å². The summed E-state index contributed by atoms with van der Waals surface area (Å²) in [6.07, 6.45) is 6.14. The normalized spacial score (nSPS) is 36.6. The Kier molecular flexibility index (Phi) is 3.20. The standard InChI is InChI=1S/C15H24N2O2/c1-14(2)13-12(4-3-6-19-13)15(14,16)10-17-8-11-5-7-18-9-11/h5,7,9,12-13,17H,3-4,6,8,10,16H2,1-2H3. The van der Waals surface area contributed by atoms with E-state index in [0.29, 0.717) is 12.0 Å². The van der Waals surface area contributed by atoms with Crippen LogP contribution in [-0.2, 0) is 11.3 Å². The van der Waals surface area contributed by atoms with Crippen molar-refractivity contribution in [1.29, 1.82) is 0 Å². The summed E-state index contributed by atoms with van der Waals surface area (Å²) in [6.45, 7) is 7.00. The van der Waals surface area contributed by atoms with Crippen LogP contribution >= 0.6 is 0 Å². The third-order valence-electron chi connectivity index (χ3n) is 5.22. The third kappa shape index (κ3) is 1.93. The molecule has 0 bridgehead atoms. The predicted molar refractivity (Wildman–Crippen MR) is 73.6 cm³/mol. The topological polar surface area (TPSA) is 60.4 Å². The van der Waals surface area contributed by atoms with Crippen LogP contribution in [0.2, 0.25) is 0 Å². The molecule has 1 aliphatic carbocycles. The molecule has 0 radical (unpaired) electrons. The molecule has 4 heteroatoms. The van der Waals surface area contributed by atoms with Crippen molar-refractivity contribution in [1.82, 2.24) is 5.32 Å². The number of nitrogens with one attached hydrogen (secondary N) is 1. The quantitative estimate of drug-likeness (QED) is 0.872. The minimum Gasteiger partial charge on any atom is -0.472 e. The molecule has 19 heavy (non-hydrogen) atoms. The first-order valence-electron chi connectivity index (χ1n) is 7.18. The Labute approximate surface area is 114 Å². The molecule has 1 saturated heterocycles. The van der Waals surface area contributed by atoms with Gasteiger partial charge in [0.1, 0.15) is 0 Å². The lowest BCUT2D eigenvalue weighted by Crippen LogP contribution is -2.80. The summed E-state index contributed by atoms with van der Waals surface area (Å²) in [6, 6.07) is 1.98. The van der Waals surface area contributed by atoms with Crippen LogP contribution in [0.15, 0.2) is 23.0 Å². The molecule has 2 heterocycles. The van der Waals surface area contributed by atoms with Crippen molar-refractivity contribution in [2.45, 2.75) is 44.9 Å². The van der Waals surface area contributed by atoms with Crippen LogP contribution in [0.1, 0.15) is 32.3 Å². The summed E-state index contributed by atoms with van der Waals surface area (Å²) in [5.74, 6) is 0.494. The summed E-state index contributed by atoms with van der Waals surface area (Å²) in [7, 11) is 0. The number of rotatable bonds is 4. The maximum atomic E-state index is 6.71. The summed E-state index contributed by atoms with van der Waals surface area (Å²) in [5.41, 5.74) is 7.75. The third-order valence-corrected chi connectivity index (χ3v) is 5.22. The second-order valence-corrected chi connectivity index (χ2v) is 6.54. The van der Waals surface area contributed by atoms with Crippen LogP contribution in [0.25, 0.3) is 0 Å². The van der Waals surface area contributed by atoms with E-state index < -0.39 is 0 Å². The Bertz CT molecular complexity index is 429. The number of hydrogen-bond donors (Lipinski definition) is 2. The van der Waals surface area contributed by atoms with E-state index in [2.05, 4.69) is 19.2 Å². The number of hydrogen-bond acceptors (Lipinski definition) is 4. The zero-order chi connectivity index (χ0) is 13.5. The zero-order valence-corrected chi connectivity index (χ0v) is 11.8. The summed E-state index contributed by atoms with van der Waals surface area (Å²) in [4.78, 5) is 0. The Balaban J connectivity index is 1.62. The van der Waals surface area contributed by atoms with Gasteiger partial charge in [0.25, 0.3) is 0 Å². The fourth-order valence-corrected chi connectivity index (χ4v) is 3.83. The van der Waals surface area contributed by atoms with E-state index >= 15 is 0 Å². The predicted octanol–water partition coefficient (Wildman–Crippen LogP) is 1.90. The van der Waals surface area contributed by atoms with Gasteiger partial charge in [0.2, 0.25) is 0 Å². The molecule has 4 nitrogen and oxygen atoms in total. The molecule has 1 saturated carbocycles. The summed E-state index contributed by atoms with van der Waals surface area (Å²) in [5, 5.41) is 3.48. The Morgan fingerprint density at radius 1 is 1.47 bits per heavy atom. The first kappa shape index (κ1) is 13.2. The molecule has 2 aliphatic rings. The zero-order valence-electron chi connectivity index (χ0n) is 11.8. The maximum Gasteiger partial charge on any atom is 0.0947 e. The van der Waals surface area contributed by atoms with Gasteiger partial charge in [-0.15, -0.1) is 0 Å². The summed E-state index contributed by atoms with van der Waals surface area (Å²) >= 11 is 0. The van der Waals surface area contributed by atoms with Gasteiger partial charge in [-0.05, 0) is 18.9 Å². The molecule has 1 aromatic rings. The Hall–Kier alpha value is -0.840. The number of ether oxygens (including phenoxy) is 1. The number of nitrogens with two attached hydrogens (primary N) is 1. The van der Waals surface area contributed by atoms with E-state index in [1.165, 1.54) is 6.42 Å². The second kappa shape index (κ2) is 4.62. The van der Waals surface area contributed by atoms with E-state index in [4.69, 9.17) is 14.9 Å². The van der Waals surface area contributed by atoms with E-state index in [1.54, 1.807) is 12.5 Å². The lowest BCUT2D eigenvalue weighted by molar-refractivity contribution is -0.225. The van der Waals surface area contributed by atoms with Crippen molar-refractivity contribution < 1.29 is 9.15 Å². The molecule has 3 atom stereocenters. The first-order chi connectivity index (χ1) is 9.06. The van der Waals surface area contributed by atoms with Gasteiger partial charge in [0.05, 0.1) is 18.6 Å². The second-order valence-electron chi connectivity index (χ2n) is 6.54. The van der Waals surface area contributed by atoms with Gasteiger partial charge in [0.15, 0.2) is 0 Å². The van der Waals surface area contributed by atoms with Crippen molar-refractivity contribution in [3.63, 3.8) is 0 Å². The van der Waals surface area contributed by atoms with E-state index in [-0.39, 0.29) is 11.0 Å². The molecule has 0 aromatic carbocycles. The van der Waals surface area contributed by atoms with Gasteiger partial charge in [-0.2, -0.15) is 0 Å². The summed E-state index contributed by atoms with van der Waals surface area (Å²) < 4.78 is 11.0. The lowest BCUT2D eigenvalue weighted by atomic mass is 9.46. The largest absolute Gasteiger partial charge is 0.472 e. The van der Waals surface area contributed by atoms with Crippen LogP contribution < -0.4 is 11.1 Å². The van der Waals surface area contributed by atoms with Crippen molar-refractivity contribution in [3.05, 3.63) is 24.2 Å². The minimum absolute atomic E-state index is 0.0431. The van der Waals surface area contributed by atoms with Crippen LogP contribution in [0, 0.1) is 11.3 Å². The Morgan fingerprint density at radius 3 is 3.05 bits per heavy atom. The van der Waals surface area contributed by atoms with Gasteiger partial charge in [-0.1, -0.05) is 13.8 Å². The SMILES string of the molecule is CC1(C)C2OCCCC2C1(N)CNCc1ccoc1. The molecule has 0 spiro atoms. The van der Waals surface area contributed by atoms with E-state index in [1.807, 2.05) is 6.07 Å². The number of furan rings is 1. The van der Waals surface area contributed by atoms with Gasteiger partial charge in [0, 0.05) is 42.1 Å². The van der Waals surface area contributed by atoms with Gasteiger partial charge in [-0.25, -0.2) is 0 Å². The minimum atomic E-state index is -0.165. The van der Waals surface area contributed by atoms with Crippen LogP contribution in [0.5, 0.6) is 0 Å². The average Bonchev–Trinajstić information content (AvgIpc) is 2.91. The highest BCUT2D eigenvalue weighted by atomic mass is 16.5. The molecule has 3 rings (SSSR count). The van der Waals surface area contributed by atoms with Gasteiger partial charge in [-0.3, -0.25) is 0 Å². The Morgan fingerprint density at radius 2 is 2.32 bits per heavy atom. The van der Waals surface area contributed by atoms with Crippen molar-refractivity contribution in [2.24, 2.45) is 17.1 Å². The van der Waals surface area contributed by atoms with Gasteiger partial charge < -0.3 is 20.2 Å². The molecule has 3 N–H and O–H groups in total. The van der Waals surface area contributed by atoms with E-state index in [0.717, 1.165) is 31.7 Å². The van der Waals surface area contributed by atoms with Crippen LogP contribution in [0.4, 0.5) is 0 Å². The smallest absolute Gasteiger partial charge is 0.0947 e. The fraction of sp³-hybridized carbons (Fsp3) is 0.733. The van der Waals surface area contributed by atoms with Crippen molar-refractivity contribution in [2.75, 3.05) is 13.2 Å². The van der Waals surface area contributed by atoms with Crippen molar-refractivity contribution in [3.8, 4) is 0 Å². The molecule has 2 fully saturated rings. The number of fused-ring (bicyclic) bond motifs is 1. The highest BCUT2D eigenvalue weighted by Gasteiger charge is 2.65. The molecule has 106 valence electrons.